The number of hydrogen-bond donors (Lipinski definition) is 0. The van der Waals surface area contributed by atoms with Gasteiger partial charge < -0.3 is 8.83 Å². The molecule has 2 aromatic rings. The van der Waals surface area contributed by atoms with Gasteiger partial charge in [0.15, 0.2) is 5.76 Å². The van der Waals surface area contributed by atoms with Crippen LogP contribution in [0.25, 0.3) is 11.7 Å². The monoisotopic (exact) mass is 301 g/mol. The highest BCUT2D eigenvalue weighted by Crippen LogP contribution is 2.29. The maximum atomic E-state index is 10.4. The van der Waals surface area contributed by atoms with E-state index in [0.29, 0.717) is 5.89 Å². The third-order valence-electron chi connectivity index (χ3n) is 2.05. The minimum absolute atomic E-state index is 0.0336. The number of rotatable bonds is 4. The molecule has 1 unspecified atom stereocenters. The van der Waals surface area contributed by atoms with Crippen LogP contribution >= 0.6 is 15.9 Å². The van der Waals surface area contributed by atoms with E-state index in [1.807, 2.05) is 6.92 Å². The lowest BCUT2D eigenvalue weighted by Gasteiger charge is -1.96. The molecular weight excluding hydrogens is 294 g/mol. The molecule has 17 heavy (non-hydrogen) atoms. The van der Waals surface area contributed by atoms with Gasteiger partial charge in [-0.3, -0.25) is 10.1 Å². The minimum atomic E-state index is -0.625. The Hall–Kier alpha value is -1.70. The Kier molecular flexibility index (Phi) is 3.23. The van der Waals surface area contributed by atoms with Crippen molar-refractivity contribution in [1.29, 1.82) is 0 Å². The van der Waals surface area contributed by atoms with Crippen LogP contribution in [0.4, 0.5) is 5.88 Å². The standard InChI is InChI=1S/C9H8BrN3O4/c1-2-5(10)8-11-12-9(17-8)6-3-4-7(16-6)13(14)15/h3-5H,2H2,1H3. The lowest BCUT2D eigenvalue weighted by molar-refractivity contribution is -0.401. The second-order valence-electron chi connectivity index (χ2n) is 3.22. The van der Waals surface area contributed by atoms with Crippen molar-refractivity contribution in [3.8, 4) is 11.7 Å². The van der Waals surface area contributed by atoms with Gasteiger partial charge in [-0.25, -0.2) is 0 Å². The Morgan fingerprint density at radius 3 is 2.82 bits per heavy atom. The molecule has 0 radical (unpaired) electrons. The minimum Gasteiger partial charge on any atom is -0.417 e. The molecule has 0 fully saturated rings. The first-order valence-electron chi connectivity index (χ1n) is 4.84. The van der Waals surface area contributed by atoms with Gasteiger partial charge in [0.2, 0.25) is 5.89 Å². The fourth-order valence-corrected chi connectivity index (χ4v) is 1.36. The molecule has 1 atom stereocenters. The summed E-state index contributed by atoms with van der Waals surface area (Å²) >= 11 is 3.36. The van der Waals surface area contributed by atoms with Crippen molar-refractivity contribution in [2.75, 3.05) is 0 Å². The van der Waals surface area contributed by atoms with Gasteiger partial charge in [0, 0.05) is 0 Å². The Bertz CT molecular complexity index is 536. The summed E-state index contributed by atoms with van der Waals surface area (Å²) in [6, 6.07) is 2.66. The lowest BCUT2D eigenvalue weighted by atomic mass is 10.3. The van der Waals surface area contributed by atoms with Gasteiger partial charge in [-0.2, -0.15) is 0 Å². The van der Waals surface area contributed by atoms with Gasteiger partial charge in [0.05, 0.1) is 10.9 Å². The Morgan fingerprint density at radius 1 is 1.47 bits per heavy atom. The van der Waals surface area contributed by atoms with Crippen LogP contribution in [0, 0.1) is 10.1 Å². The Morgan fingerprint density at radius 2 is 2.24 bits per heavy atom. The van der Waals surface area contributed by atoms with Crippen LogP contribution in [0.5, 0.6) is 0 Å². The van der Waals surface area contributed by atoms with Crippen LogP contribution < -0.4 is 0 Å². The predicted molar refractivity (Wildman–Crippen MR) is 60.6 cm³/mol. The number of alkyl halides is 1. The van der Waals surface area contributed by atoms with E-state index in [0.717, 1.165) is 6.42 Å². The fraction of sp³-hybridized carbons (Fsp3) is 0.333. The highest BCUT2D eigenvalue weighted by molar-refractivity contribution is 9.09. The zero-order valence-corrected chi connectivity index (χ0v) is 10.4. The van der Waals surface area contributed by atoms with E-state index in [4.69, 9.17) is 8.83 Å². The van der Waals surface area contributed by atoms with Crippen LogP contribution in [-0.2, 0) is 0 Å². The molecule has 7 nitrogen and oxygen atoms in total. The van der Waals surface area contributed by atoms with Gasteiger partial charge in [-0.05, 0) is 12.5 Å². The molecule has 0 aliphatic rings. The van der Waals surface area contributed by atoms with Crippen molar-refractivity contribution in [2.24, 2.45) is 0 Å². The van der Waals surface area contributed by atoms with E-state index in [-0.39, 0.29) is 22.4 Å². The molecule has 2 rings (SSSR count). The van der Waals surface area contributed by atoms with Gasteiger partial charge in [0.25, 0.3) is 5.89 Å². The molecule has 0 spiro atoms. The summed E-state index contributed by atoms with van der Waals surface area (Å²) in [6.07, 6.45) is 0.792. The van der Waals surface area contributed by atoms with Crippen LogP contribution in [0.3, 0.4) is 0 Å². The summed E-state index contributed by atoms with van der Waals surface area (Å²) in [5, 5.41) is 18.0. The summed E-state index contributed by atoms with van der Waals surface area (Å²) in [6.45, 7) is 1.96. The molecule has 2 heterocycles. The summed E-state index contributed by atoms with van der Waals surface area (Å²) in [7, 11) is 0. The molecule has 2 aromatic heterocycles. The molecule has 0 bridgehead atoms. The molecule has 0 N–H and O–H groups in total. The van der Waals surface area contributed by atoms with Crippen LogP contribution in [0.15, 0.2) is 21.0 Å². The molecule has 0 saturated carbocycles. The first-order valence-corrected chi connectivity index (χ1v) is 5.75. The van der Waals surface area contributed by atoms with E-state index in [1.165, 1.54) is 12.1 Å². The molecule has 0 aromatic carbocycles. The molecular formula is C9H8BrN3O4. The molecule has 8 heteroatoms. The molecule has 0 aliphatic carbocycles. The molecule has 0 saturated heterocycles. The zero-order valence-electron chi connectivity index (χ0n) is 8.79. The highest BCUT2D eigenvalue weighted by atomic mass is 79.9. The lowest BCUT2D eigenvalue weighted by Crippen LogP contribution is -1.86. The first-order chi connectivity index (χ1) is 8.11. The van der Waals surface area contributed by atoms with Gasteiger partial charge in [-0.15, -0.1) is 10.2 Å². The third-order valence-corrected chi connectivity index (χ3v) is 3.09. The van der Waals surface area contributed by atoms with Crippen molar-refractivity contribution >= 4 is 21.8 Å². The van der Waals surface area contributed by atoms with Crippen LogP contribution in [0.1, 0.15) is 24.1 Å². The molecule has 0 amide bonds. The highest BCUT2D eigenvalue weighted by Gasteiger charge is 2.19. The van der Waals surface area contributed by atoms with E-state index >= 15 is 0 Å². The van der Waals surface area contributed by atoms with Crippen molar-refractivity contribution in [3.63, 3.8) is 0 Å². The van der Waals surface area contributed by atoms with Crippen LogP contribution in [-0.4, -0.2) is 15.1 Å². The van der Waals surface area contributed by atoms with Crippen molar-refractivity contribution < 1.29 is 13.8 Å². The average Bonchev–Trinajstić information content (AvgIpc) is 2.95. The third kappa shape index (κ3) is 2.36. The van der Waals surface area contributed by atoms with Crippen molar-refractivity contribution in [2.45, 2.75) is 18.2 Å². The molecule has 0 aliphatic heterocycles. The SMILES string of the molecule is CCC(Br)c1nnc(-c2ccc([N+](=O)[O-])o2)o1. The number of furan rings is 1. The zero-order chi connectivity index (χ0) is 12.4. The number of nitrogens with zero attached hydrogens (tertiary/aromatic N) is 3. The Balaban J connectivity index is 2.27. The summed E-state index contributed by atoms with van der Waals surface area (Å²) in [5.74, 6) is 0.379. The fourth-order valence-electron chi connectivity index (χ4n) is 1.18. The van der Waals surface area contributed by atoms with E-state index in [1.54, 1.807) is 0 Å². The first kappa shape index (κ1) is 11.8. The number of hydrogen-bond acceptors (Lipinski definition) is 6. The molecule has 90 valence electrons. The predicted octanol–water partition coefficient (Wildman–Crippen LogP) is 3.08. The van der Waals surface area contributed by atoms with Crippen molar-refractivity contribution in [1.82, 2.24) is 10.2 Å². The average molecular weight is 302 g/mol. The van der Waals surface area contributed by atoms with E-state index in [2.05, 4.69) is 26.1 Å². The largest absolute Gasteiger partial charge is 0.433 e. The Labute approximate surface area is 104 Å². The maximum absolute atomic E-state index is 10.4. The maximum Gasteiger partial charge on any atom is 0.433 e. The quantitative estimate of drug-likeness (QED) is 0.489. The summed E-state index contributed by atoms with van der Waals surface area (Å²) in [5.41, 5.74) is 0. The second-order valence-corrected chi connectivity index (χ2v) is 4.32. The van der Waals surface area contributed by atoms with E-state index < -0.39 is 4.92 Å². The number of aromatic nitrogens is 2. The smallest absolute Gasteiger partial charge is 0.417 e. The second kappa shape index (κ2) is 4.66. The normalized spacial score (nSPS) is 12.6. The summed E-state index contributed by atoms with van der Waals surface area (Å²) in [4.78, 5) is 9.78. The topological polar surface area (TPSA) is 95.2 Å². The number of nitro groups is 1. The summed E-state index contributed by atoms with van der Waals surface area (Å²) < 4.78 is 10.3. The number of halogens is 1. The van der Waals surface area contributed by atoms with E-state index in [9.17, 15) is 10.1 Å². The van der Waals surface area contributed by atoms with Gasteiger partial charge in [-0.1, -0.05) is 22.9 Å². The van der Waals surface area contributed by atoms with Crippen molar-refractivity contribution in [3.05, 3.63) is 28.1 Å². The van der Waals surface area contributed by atoms with Gasteiger partial charge >= 0.3 is 5.88 Å². The van der Waals surface area contributed by atoms with Crippen LogP contribution in [0.2, 0.25) is 0 Å². The van der Waals surface area contributed by atoms with Gasteiger partial charge in [0.1, 0.15) is 4.92 Å².